The van der Waals surface area contributed by atoms with Crippen molar-refractivity contribution in [3.8, 4) is 11.5 Å². The van der Waals surface area contributed by atoms with Crippen LogP contribution in [0.3, 0.4) is 0 Å². The van der Waals surface area contributed by atoms with Crippen LogP contribution in [-0.4, -0.2) is 36.7 Å². The fraction of sp³-hybridized carbons (Fsp3) is 0.364. The summed E-state index contributed by atoms with van der Waals surface area (Å²) in [6.45, 7) is 6.52. The van der Waals surface area contributed by atoms with E-state index in [2.05, 4.69) is 19.1 Å². The molecule has 1 amide bonds. The van der Waals surface area contributed by atoms with E-state index in [1.165, 1.54) is 11.1 Å². The van der Waals surface area contributed by atoms with Gasteiger partial charge in [0.2, 0.25) is 0 Å². The van der Waals surface area contributed by atoms with Gasteiger partial charge in [-0.3, -0.25) is 4.79 Å². The summed E-state index contributed by atoms with van der Waals surface area (Å²) in [6, 6.07) is 9.08. The molecule has 0 radical (unpaired) electrons. The van der Waals surface area contributed by atoms with Gasteiger partial charge in [0.05, 0.1) is 6.61 Å². The van der Waals surface area contributed by atoms with Crippen LogP contribution >= 0.6 is 0 Å². The first-order valence-electron chi connectivity index (χ1n) is 9.44. The van der Waals surface area contributed by atoms with Gasteiger partial charge in [0, 0.05) is 17.8 Å². The van der Waals surface area contributed by atoms with Gasteiger partial charge in [0.1, 0.15) is 0 Å². The molecule has 1 aliphatic heterocycles. The van der Waals surface area contributed by atoms with E-state index in [4.69, 9.17) is 14.6 Å². The fourth-order valence-electron chi connectivity index (χ4n) is 3.61. The van der Waals surface area contributed by atoms with E-state index in [1.807, 2.05) is 18.7 Å². The lowest BCUT2D eigenvalue weighted by molar-refractivity contribution is -0.139. The first-order chi connectivity index (χ1) is 13.4. The maximum Gasteiger partial charge on any atom is 0.341 e. The minimum atomic E-state index is -1.07. The molecule has 0 aliphatic carbocycles. The molecule has 3 rings (SSSR count). The van der Waals surface area contributed by atoms with Crippen LogP contribution in [0, 0.1) is 13.8 Å². The van der Waals surface area contributed by atoms with Crippen LogP contribution in [0.1, 0.15) is 40.4 Å². The van der Waals surface area contributed by atoms with E-state index in [9.17, 15) is 9.59 Å². The zero-order chi connectivity index (χ0) is 20.3. The fourth-order valence-corrected chi connectivity index (χ4v) is 3.61. The summed E-state index contributed by atoms with van der Waals surface area (Å²) in [6.07, 6.45) is 1.89. The number of anilines is 1. The average molecular weight is 383 g/mol. The third-order valence-corrected chi connectivity index (χ3v) is 4.78. The van der Waals surface area contributed by atoms with Crippen molar-refractivity contribution in [1.29, 1.82) is 0 Å². The number of fused-ring (bicyclic) bond motifs is 1. The number of ether oxygens (including phenoxy) is 2. The molecule has 0 spiro atoms. The number of nitrogens with zero attached hydrogens (tertiary/aromatic N) is 1. The Morgan fingerprint density at radius 3 is 2.61 bits per heavy atom. The zero-order valence-corrected chi connectivity index (χ0v) is 16.4. The molecule has 2 aromatic carbocycles. The van der Waals surface area contributed by atoms with Crippen molar-refractivity contribution in [3.05, 3.63) is 52.6 Å². The topological polar surface area (TPSA) is 76.1 Å². The van der Waals surface area contributed by atoms with E-state index in [0.717, 1.165) is 24.1 Å². The Labute approximate surface area is 164 Å². The number of carboxylic acid groups (broad SMARTS) is 1. The van der Waals surface area contributed by atoms with Crippen LogP contribution in [0.25, 0.3) is 0 Å². The minimum absolute atomic E-state index is 0.100. The van der Waals surface area contributed by atoms with Crippen molar-refractivity contribution in [3.63, 3.8) is 0 Å². The summed E-state index contributed by atoms with van der Waals surface area (Å²) in [7, 11) is 0. The quantitative estimate of drug-likeness (QED) is 0.822. The maximum atomic E-state index is 13.3. The highest BCUT2D eigenvalue weighted by molar-refractivity contribution is 6.07. The minimum Gasteiger partial charge on any atom is -0.490 e. The zero-order valence-electron chi connectivity index (χ0n) is 16.4. The molecule has 0 aromatic heterocycles. The molecule has 1 aliphatic rings. The summed E-state index contributed by atoms with van der Waals surface area (Å²) in [4.78, 5) is 25.8. The molecule has 0 fully saturated rings. The number of aliphatic carboxylic acids is 1. The lowest BCUT2D eigenvalue weighted by Gasteiger charge is -2.31. The van der Waals surface area contributed by atoms with Gasteiger partial charge < -0.3 is 19.5 Å². The van der Waals surface area contributed by atoms with E-state index in [1.54, 1.807) is 18.2 Å². The first-order valence-corrected chi connectivity index (χ1v) is 9.44. The SMILES string of the molecule is CCOc1cc(C(=O)N2CCCc3c(C)cc(C)cc32)ccc1OCC(=O)O. The second-order valence-electron chi connectivity index (χ2n) is 6.92. The second kappa shape index (κ2) is 8.33. The van der Waals surface area contributed by atoms with Gasteiger partial charge in [-0.2, -0.15) is 0 Å². The molecule has 1 heterocycles. The number of carbonyl (C=O) groups excluding carboxylic acids is 1. The molecule has 0 unspecified atom stereocenters. The molecule has 0 atom stereocenters. The summed E-state index contributed by atoms with van der Waals surface area (Å²) >= 11 is 0. The standard InChI is InChI=1S/C22H25NO5/c1-4-27-20-12-16(7-8-19(20)28-13-21(24)25)22(26)23-9-5-6-17-15(3)10-14(2)11-18(17)23/h7-8,10-12H,4-6,9,13H2,1-3H3,(H,24,25). The molecule has 6 nitrogen and oxygen atoms in total. The smallest absolute Gasteiger partial charge is 0.341 e. The third-order valence-electron chi connectivity index (χ3n) is 4.78. The number of benzene rings is 2. The van der Waals surface area contributed by atoms with Crippen molar-refractivity contribution in [2.75, 3.05) is 24.7 Å². The molecule has 0 saturated heterocycles. The van der Waals surface area contributed by atoms with Gasteiger partial charge in [-0.15, -0.1) is 0 Å². The van der Waals surface area contributed by atoms with Crippen LogP contribution in [0.15, 0.2) is 30.3 Å². The molecule has 0 saturated carbocycles. The van der Waals surface area contributed by atoms with Crippen LogP contribution in [0.2, 0.25) is 0 Å². The Hall–Kier alpha value is -3.02. The summed E-state index contributed by atoms with van der Waals surface area (Å²) in [5, 5.41) is 8.82. The molecule has 6 heteroatoms. The Morgan fingerprint density at radius 2 is 1.89 bits per heavy atom. The molecule has 2 aromatic rings. The molecule has 28 heavy (non-hydrogen) atoms. The Kier molecular flexibility index (Phi) is 5.87. The van der Waals surface area contributed by atoms with E-state index < -0.39 is 12.6 Å². The van der Waals surface area contributed by atoms with Gasteiger partial charge in [0.15, 0.2) is 18.1 Å². The maximum absolute atomic E-state index is 13.3. The van der Waals surface area contributed by atoms with E-state index in [-0.39, 0.29) is 5.91 Å². The summed E-state index contributed by atoms with van der Waals surface area (Å²) in [5.74, 6) is -0.492. The lowest BCUT2D eigenvalue weighted by atomic mass is 9.94. The Morgan fingerprint density at radius 1 is 1.11 bits per heavy atom. The van der Waals surface area contributed by atoms with Gasteiger partial charge in [-0.25, -0.2) is 4.79 Å². The van der Waals surface area contributed by atoms with Gasteiger partial charge in [-0.1, -0.05) is 6.07 Å². The molecule has 1 N–H and O–H groups in total. The predicted octanol–water partition coefficient (Wildman–Crippen LogP) is 3.76. The van der Waals surface area contributed by atoms with Crippen molar-refractivity contribution in [2.45, 2.75) is 33.6 Å². The second-order valence-corrected chi connectivity index (χ2v) is 6.92. The Bertz CT molecular complexity index is 906. The summed E-state index contributed by atoms with van der Waals surface area (Å²) in [5.41, 5.74) is 5.01. The van der Waals surface area contributed by atoms with Gasteiger partial charge >= 0.3 is 5.97 Å². The van der Waals surface area contributed by atoms with Crippen molar-refractivity contribution in [1.82, 2.24) is 0 Å². The van der Waals surface area contributed by atoms with Crippen molar-refractivity contribution in [2.24, 2.45) is 0 Å². The number of amides is 1. The third kappa shape index (κ3) is 4.11. The number of carbonyl (C=O) groups is 2. The largest absolute Gasteiger partial charge is 0.490 e. The number of rotatable bonds is 6. The van der Waals surface area contributed by atoms with Crippen LogP contribution < -0.4 is 14.4 Å². The van der Waals surface area contributed by atoms with Crippen LogP contribution in [0.5, 0.6) is 11.5 Å². The normalized spacial score (nSPS) is 13.0. The van der Waals surface area contributed by atoms with Crippen LogP contribution in [0.4, 0.5) is 5.69 Å². The van der Waals surface area contributed by atoms with Crippen LogP contribution in [-0.2, 0) is 11.2 Å². The van der Waals surface area contributed by atoms with Crippen molar-refractivity contribution >= 4 is 17.6 Å². The number of carboxylic acids is 1. The van der Waals surface area contributed by atoms with Gasteiger partial charge in [-0.05, 0) is 74.6 Å². The van der Waals surface area contributed by atoms with E-state index >= 15 is 0 Å². The van der Waals surface area contributed by atoms with Gasteiger partial charge in [0.25, 0.3) is 5.91 Å². The first kappa shape index (κ1) is 19.7. The highest BCUT2D eigenvalue weighted by Gasteiger charge is 2.25. The van der Waals surface area contributed by atoms with E-state index in [0.29, 0.717) is 30.2 Å². The monoisotopic (exact) mass is 383 g/mol. The van der Waals surface area contributed by atoms with Crippen molar-refractivity contribution < 1.29 is 24.2 Å². The highest BCUT2D eigenvalue weighted by Crippen LogP contribution is 2.34. The number of hydrogen-bond acceptors (Lipinski definition) is 4. The molecule has 148 valence electrons. The molecule has 0 bridgehead atoms. The molecular weight excluding hydrogens is 358 g/mol. The molecular formula is C22H25NO5. The average Bonchev–Trinajstić information content (AvgIpc) is 2.66. The highest BCUT2D eigenvalue weighted by atomic mass is 16.5. The summed E-state index contributed by atoms with van der Waals surface area (Å²) < 4.78 is 10.8. The predicted molar refractivity (Wildman–Crippen MR) is 107 cm³/mol. The number of aryl methyl sites for hydroxylation is 2. The lowest BCUT2D eigenvalue weighted by Crippen LogP contribution is -2.35. The number of hydrogen-bond donors (Lipinski definition) is 1. The Balaban J connectivity index is 1.93.